The Kier molecular flexibility index (Phi) is 6.16. The van der Waals surface area contributed by atoms with Gasteiger partial charge < -0.3 is 10.1 Å². The lowest BCUT2D eigenvalue weighted by Gasteiger charge is -2.32. The molecule has 6 heteroatoms. The summed E-state index contributed by atoms with van der Waals surface area (Å²) in [6.45, 7) is 3.72. The third-order valence-electron chi connectivity index (χ3n) is 4.59. The molecule has 0 unspecified atom stereocenters. The van der Waals surface area contributed by atoms with Crippen molar-refractivity contribution in [3.8, 4) is 5.75 Å². The molecule has 0 atom stereocenters. The summed E-state index contributed by atoms with van der Waals surface area (Å²) in [5.74, 6) is -0.185. The summed E-state index contributed by atoms with van der Waals surface area (Å²) in [4.78, 5) is 2.46. The van der Waals surface area contributed by atoms with E-state index in [2.05, 4.69) is 39.2 Å². The highest BCUT2D eigenvalue weighted by Crippen LogP contribution is 2.23. The van der Waals surface area contributed by atoms with E-state index in [-0.39, 0.29) is 5.75 Å². The maximum absolute atomic E-state index is 12.2. The van der Waals surface area contributed by atoms with E-state index in [1.54, 1.807) is 12.1 Å². The number of alkyl halides is 3. The first-order chi connectivity index (χ1) is 12.5. The van der Waals surface area contributed by atoms with Crippen LogP contribution in [0.15, 0.2) is 54.6 Å². The van der Waals surface area contributed by atoms with E-state index in [4.69, 9.17) is 0 Å². The lowest BCUT2D eigenvalue weighted by atomic mass is 10.0. The number of ether oxygens (including phenoxy) is 1. The normalized spacial score (nSPS) is 16.6. The molecule has 1 saturated heterocycles. The Morgan fingerprint density at radius 2 is 1.58 bits per heavy atom. The highest BCUT2D eigenvalue weighted by Gasteiger charge is 2.30. The van der Waals surface area contributed by atoms with E-state index in [9.17, 15) is 13.2 Å². The van der Waals surface area contributed by atoms with Crippen molar-refractivity contribution in [2.45, 2.75) is 38.3 Å². The molecule has 0 amide bonds. The molecule has 2 aromatic rings. The van der Waals surface area contributed by atoms with Gasteiger partial charge in [-0.15, -0.1) is 13.2 Å². The maximum Gasteiger partial charge on any atom is 0.573 e. The molecule has 0 spiro atoms. The fourth-order valence-electron chi connectivity index (χ4n) is 3.21. The van der Waals surface area contributed by atoms with Crippen molar-refractivity contribution in [2.24, 2.45) is 0 Å². The Morgan fingerprint density at radius 1 is 0.923 bits per heavy atom. The number of hydrogen-bond acceptors (Lipinski definition) is 3. The quantitative estimate of drug-likeness (QED) is 0.825. The SMILES string of the molecule is FC(F)(F)Oc1ccc(CNC2CCN(Cc3ccccc3)CC2)cc1. The number of rotatable bonds is 6. The molecule has 3 nitrogen and oxygen atoms in total. The Morgan fingerprint density at radius 3 is 2.19 bits per heavy atom. The maximum atomic E-state index is 12.2. The summed E-state index contributed by atoms with van der Waals surface area (Å²) < 4.78 is 40.4. The van der Waals surface area contributed by atoms with Crippen molar-refractivity contribution in [1.29, 1.82) is 0 Å². The summed E-state index contributed by atoms with van der Waals surface area (Å²) >= 11 is 0. The summed E-state index contributed by atoms with van der Waals surface area (Å²) in [6, 6.07) is 16.9. The third-order valence-corrected chi connectivity index (χ3v) is 4.59. The topological polar surface area (TPSA) is 24.5 Å². The lowest BCUT2D eigenvalue weighted by molar-refractivity contribution is -0.274. The molecule has 3 rings (SSSR count). The van der Waals surface area contributed by atoms with Crippen LogP contribution in [-0.2, 0) is 13.1 Å². The van der Waals surface area contributed by atoms with Crippen molar-refractivity contribution in [2.75, 3.05) is 13.1 Å². The fraction of sp³-hybridized carbons (Fsp3) is 0.400. The Hall–Kier alpha value is -2.05. The molecule has 1 aliphatic rings. The van der Waals surface area contributed by atoms with E-state index in [1.165, 1.54) is 17.7 Å². The molecule has 0 radical (unpaired) electrons. The average Bonchev–Trinajstić information content (AvgIpc) is 2.62. The van der Waals surface area contributed by atoms with Crippen molar-refractivity contribution in [3.05, 3.63) is 65.7 Å². The molecule has 0 aromatic heterocycles. The average molecular weight is 364 g/mol. The number of piperidine rings is 1. The predicted molar refractivity (Wildman–Crippen MR) is 94.7 cm³/mol. The van der Waals surface area contributed by atoms with Crippen LogP contribution < -0.4 is 10.1 Å². The zero-order chi connectivity index (χ0) is 18.4. The van der Waals surface area contributed by atoms with Crippen molar-refractivity contribution in [3.63, 3.8) is 0 Å². The van der Waals surface area contributed by atoms with Crippen LogP contribution in [0, 0.1) is 0 Å². The molecular formula is C20H23F3N2O. The van der Waals surface area contributed by atoms with Gasteiger partial charge in [-0.05, 0) is 49.2 Å². The second-order valence-electron chi connectivity index (χ2n) is 6.61. The van der Waals surface area contributed by atoms with Crippen LogP contribution >= 0.6 is 0 Å². The van der Waals surface area contributed by atoms with Gasteiger partial charge in [0.15, 0.2) is 0 Å². The van der Waals surface area contributed by atoms with E-state index in [1.807, 2.05) is 6.07 Å². The van der Waals surface area contributed by atoms with Crippen molar-refractivity contribution in [1.82, 2.24) is 10.2 Å². The van der Waals surface area contributed by atoms with E-state index < -0.39 is 6.36 Å². The molecule has 26 heavy (non-hydrogen) atoms. The molecule has 0 saturated carbocycles. The van der Waals surface area contributed by atoms with E-state index >= 15 is 0 Å². The number of halogens is 3. The summed E-state index contributed by atoms with van der Waals surface area (Å²) in [5.41, 5.74) is 2.28. The third kappa shape index (κ3) is 6.04. The Labute approximate surface area is 151 Å². The first-order valence-electron chi connectivity index (χ1n) is 8.82. The standard InChI is InChI=1S/C20H23F3N2O/c21-20(22,23)26-19-8-6-16(7-9-19)14-24-18-10-12-25(13-11-18)15-17-4-2-1-3-5-17/h1-9,18,24H,10-15H2. The summed E-state index contributed by atoms with van der Waals surface area (Å²) in [6.07, 6.45) is -2.50. The molecule has 0 aliphatic carbocycles. The highest BCUT2D eigenvalue weighted by atomic mass is 19.4. The van der Waals surface area contributed by atoms with Crippen LogP contribution in [0.5, 0.6) is 5.75 Å². The number of likely N-dealkylation sites (tertiary alicyclic amines) is 1. The molecule has 1 fully saturated rings. The van der Waals surface area contributed by atoms with Gasteiger partial charge in [-0.3, -0.25) is 4.90 Å². The van der Waals surface area contributed by atoms with Gasteiger partial charge in [0.05, 0.1) is 0 Å². The second-order valence-corrected chi connectivity index (χ2v) is 6.61. The minimum absolute atomic E-state index is 0.185. The zero-order valence-electron chi connectivity index (χ0n) is 14.5. The van der Waals surface area contributed by atoms with Gasteiger partial charge in [-0.1, -0.05) is 42.5 Å². The first-order valence-corrected chi connectivity index (χ1v) is 8.82. The summed E-state index contributed by atoms with van der Waals surface area (Å²) in [7, 11) is 0. The number of hydrogen-bond donors (Lipinski definition) is 1. The van der Waals surface area contributed by atoms with Gasteiger partial charge in [0.1, 0.15) is 5.75 Å². The molecule has 1 heterocycles. The molecule has 1 aliphatic heterocycles. The van der Waals surface area contributed by atoms with Crippen LogP contribution in [-0.4, -0.2) is 30.4 Å². The minimum atomic E-state index is -4.65. The Bertz CT molecular complexity index is 666. The second kappa shape index (κ2) is 8.56. The van der Waals surface area contributed by atoms with Crippen LogP contribution in [0.25, 0.3) is 0 Å². The largest absolute Gasteiger partial charge is 0.573 e. The fourth-order valence-corrected chi connectivity index (χ4v) is 3.21. The van der Waals surface area contributed by atoms with Crippen LogP contribution in [0.2, 0.25) is 0 Å². The van der Waals surface area contributed by atoms with Gasteiger partial charge in [0, 0.05) is 19.1 Å². The zero-order valence-corrected chi connectivity index (χ0v) is 14.5. The monoisotopic (exact) mass is 364 g/mol. The summed E-state index contributed by atoms with van der Waals surface area (Å²) in [5, 5.41) is 3.50. The first kappa shape index (κ1) is 18.7. The number of nitrogens with zero attached hydrogens (tertiary/aromatic N) is 1. The minimum Gasteiger partial charge on any atom is -0.406 e. The van der Waals surface area contributed by atoms with Crippen LogP contribution in [0.1, 0.15) is 24.0 Å². The van der Waals surface area contributed by atoms with Crippen LogP contribution in [0.3, 0.4) is 0 Å². The highest BCUT2D eigenvalue weighted by molar-refractivity contribution is 5.27. The van der Waals surface area contributed by atoms with Gasteiger partial charge in [0.2, 0.25) is 0 Å². The number of benzene rings is 2. The van der Waals surface area contributed by atoms with E-state index in [0.29, 0.717) is 12.6 Å². The smallest absolute Gasteiger partial charge is 0.406 e. The molecule has 140 valence electrons. The Balaban J connectivity index is 1.39. The van der Waals surface area contributed by atoms with Gasteiger partial charge >= 0.3 is 6.36 Å². The molecule has 0 bridgehead atoms. The van der Waals surface area contributed by atoms with Gasteiger partial charge in [0.25, 0.3) is 0 Å². The van der Waals surface area contributed by atoms with Crippen LogP contribution in [0.4, 0.5) is 13.2 Å². The molecule has 1 N–H and O–H groups in total. The van der Waals surface area contributed by atoms with E-state index in [0.717, 1.165) is 38.0 Å². The van der Waals surface area contributed by atoms with Gasteiger partial charge in [-0.2, -0.15) is 0 Å². The lowest BCUT2D eigenvalue weighted by Crippen LogP contribution is -2.41. The van der Waals surface area contributed by atoms with Crippen molar-refractivity contribution >= 4 is 0 Å². The van der Waals surface area contributed by atoms with Gasteiger partial charge in [-0.25, -0.2) is 0 Å². The molecular weight excluding hydrogens is 341 g/mol. The number of nitrogens with one attached hydrogen (secondary N) is 1. The predicted octanol–water partition coefficient (Wildman–Crippen LogP) is 4.34. The molecule has 2 aromatic carbocycles. The van der Waals surface area contributed by atoms with Crippen molar-refractivity contribution < 1.29 is 17.9 Å².